The summed E-state index contributed by atoms with van der Waals surface area (Å²) in [6.07, 6.45) is 5.28. The van der Waals surface area contributed by atoms with E-state index in [1.165, 1.54) is 38.8 Å². The normalized spacial score (nSPS) is 27.2. The third-order valence-electron chi connectivity index (χ3n) is 5.73. The maximum Gasteiger partial charge on any atom is 0.321 e. The van der Waals surface area contributed by atoms with E-state index in [1.807, 2.05) is 24.3 Å². The van der Waals surface area contributed by atoms with Gasteiger partial charge >= 0.3 is 6.03 Å². The first-order valence-electron chi connectivity index (χ1n) is 9.30. The predicted octanol–water partition coefficient (Wildman–Crippen LogP) is 2.62. The number of hydrogen-bond donors (Lipinski definition) is 2. The average molecular weight is 329 g/mol. The minimum absolute atomic E-state index is 0.0126. The number of carbonyl (C=O) groups is 1. The Kier molecular flexibility index (Phi) is 4.60. The smallest absolute Gasteiger partial charge is 0.321 e. The first-order valence-corrected chi connectivity index (χ1v) is 9.30. The topological polar surface area (TPSA) is 53.6 Å². The number of rotatable bonds is 6. The predicted molar refractivity (Wildman–Crippen MR) is 94.5 cm³/mol. The van der Waals surface area contributed by atoms with E-state index in [-0.39, 0.29) is 6.03 Å². The van der Waals surface area contributed by atoms with Gasteiger partial charge in [-0.3, -0.25) is 4.90 Å². The number of benzene rings is 1. The van der Waals surface area contributed by atoms with Gasteiger partial charge in [-0.25, -0.2) is 4.79 Å². The van der Waals surface area contributed by atoms with Crippen LogP contribution in [0.25, 0.3) is 0 Å². The van der Waals surface area contributed by atoms with Crippen molar-refractivity contribution in [2.45, 2.75) is 25.7 Å². The van der Waals surface area contributed by atoms with E-state index in [1.54, 1.807) is 4.90 Å². The molecular formula is C19H27N3O2. The monoisotopic (exact) mass is 329 g/mol. The van der Waals surface area contributed by atoms with Crippen molar-refractivity contribution in [3.8, 4) is 5.75 Å². The molecule has 0 unspecified atom stereocenters. The van der Waals surface area contributed by atoms with Gasteiger partial charge in [0.05, 0.1) is 6.61 Å². The Balaban J connectivity index is 1.20. The molecule has 4 rings (SSSR count). The van der Waals surface area contributed by atoms with Crippen molar-refractivity contribution >= 4 is 11.7 Å². The van der Waals surface area contributed by atoms with E-state index in [2.05, 4.69) is 10.6 Å². The van der Waals surface area contributed by atoms with Crippen LogP contribution in [0.2, 0.25) is 0 Å². The molecule has 2 amide bonds. The van der Waals surface area contributed by atoms with Gasteiger partial charge in [-0.1, -0.05) is 0 Å². The van der Waals surface area contributed by atoms with Crippen LogP contribution < -0.4 is 20.3 Å². The minimum atomic E-state index is -0.0126. The molecular weight excluding hydrogens is 302 g/mol. The Morgan fingerprint density at radius 3 is 2.62 bits per heavy atom. The van der Waals surface area contributed by atoms with Crippen LogP contribution in [-0.2, 0) is 0 Å². The third kappa shape index (κ3) is 3.51. The summed E-state index contributed by atoms with van der Waals surface area (Å²) >= 11 is 0. The number of nitrogens with one attached hydrogen (secondary N) is 2. The summed E-state index contributed by atoms with van der Waals surface area (Å²) < 4.78 is 5.91. The molecule has 0 bridgehead atoms. The number of amides is 2. The van der Waals surface area contributed by atoms with Crippen LogP contribution >= 0.6 is 0 Å². The van der Waals surface area contributed by atoms with Crippen molar-refractivity contribution in [1.82, 2.24) is 10.6 Å². The van der Waals surface area contributed by atoms with E-state index in [9.17, 15) is 4.79 Å². The van der Waals surface area contributed by atoms with Gasteiger partial charge in [0.25, 0.3) is 0 Å². The minimum Gasteiger partial charge on any atom is -0.494 e. The van der Waals surface area contributed by atoms with E-state index < -0.39 is 0 Å². The fourth-order valence-corrected chi connectivity index (χ4v) is 4.22. The molecule has 2 aliphatic heterocycles. The van der Waals surface area contributed by atoms with Crippen LogP contribution in [0.1, 0.15) is 25.7 Å². The number of anilines is 1. The van der Waals surface area contributed by atoms with E-state index in [0.717, 1.165) is 48.9 Å². The largest absolute Gasteiger partial charge is 0.494 e. The van der Waals surface area contributed by atoms with Crippen LogP contribution in [0, 0.1) is 17.8 Å². The van der Waals surface area contributed by atoms with Gasteiger partial charge in [-0.05, 0) is 80.8 Å². The number of ether oxygens (including phenoxy) is 1. The zero-order chi connectivity index (χ0) is 16.4. The Bertz CT molecular complexity index is 568. The Morgan fingerprint density at radius 1 is 1.12 bits per heavy atom. The highest BCUT2D eigenvalue weighted by molar-refractivity contribution is 5.94. The Hall–Kier alpha value is -1.75. The van der Waals surface area contributed by atoms with Gasteiger partial charge in [-0.2, -0.15) is 0 Å². The summed E-state index contributed by atoms with van der Waals surface area (Å²) in [5.41, 5.74) is 0.936. The van der Waals surface area contributed by atoms with Gasteiger partial charge in [0.1, 0.15) is 5.75 Å². The number of hydrogen-bond acceptors (Lipinski definition) is 3. The van der Waals surface area contributed by atoms with Gasteiger partial charge in [-0.15, -0.1) is 0 Å². The summed E-state index contributed by atoms with van der Waals surface area (Å²) in [7, 11) is 0. The number of piperidine rings is 1. The molecule has 0 radical (unpaired) electrons. The maximum absolute atomic E-state index is 11.7. The molecule has 24 heavy (non-hydrogen) atoms. The van der Waals surface area contributed by atoms with Gasteiger partial charge in [0.2, 0.25) is 0 Å². The molecule has 5 heteroatoms. The molecule has 5 nitrogen and oxygen atoms in total. The standard InChI is InChI=1S/C19H27N3O2/c23-19-21-10-11-22(19)16-1-3-17(4-2-16)24-12-7-15-13-18(15)14-5-8-20-9-6-14/h1-4,14-15,18,20H,5-13H2,(H,21,23)/t15-,18-/m1/s1. The summed E-state index contributed by atoms with van der Waals surface area (Å²) in [6.45, 7) is 4.66. The highest BCUT2D eigenvalue weighted by atomic mass is 16.5. The van der Waals surface area contributed by atoms with Crippen LogP contribution in [0.4, 0.5) is 10.5 Å². The summed E-state index contributed by atoms with van der Waals surface area (Å²) in [5, 5.41) is 6.27. The second-order valence-electron chi connectivity index (χ2n) is 7.26. The lowest BCUT2D eigenvalue weighted by Crippen LogP contribution is -2.29. The number of urea groups is 1. The molecule has 0 aromatic heterocycles. The molecule has 2 heterocycles. The molecule has 1 aromatic rings. The molecule has 2 N–H and O–H groups in total. The second kappa shape index (κ2) is 7.01. The van der Waals surface area contributed by atoms with Gasteiger partial charge in [0, 0.05) is 18.8 Å². The first kappa shape index (κ1) is 15.8. The number of carbonyl (C=O) groups excluding carboxylic acids is 1. The Labute approximate surface area is 143 Å². The number of nitrogens with zero attached hydrogens (tertiary/aromatic N) is 1. The van der Waals surface area contributed by atoms with Crippen molar-refractivity contribution in [3.05, 3.63) is 24.3 Å². The second-order valence-corrected chi connectivity index (χ2v) is 7.26. The quantitative estimate of drug-likeness (QED) is 0.843. The molecule has 0 spiro atoms. The van der Waals surface area contributed by atoms with Crippen LogP contribution in [0.15, 0.2) is 24.3 Å². The van der Waals surface area contributed by atoms with Gasteiger partial charge in [0.15, 0.2) is 0 Å². The van der Waals surface area contributed by atoms with Crippen molar-refractivity contribution in [1.29, 1.82) is 0 Å². The van der Waals surface area contributed by atoms with Crippen molar-refractivity contribution in [3.63, 3.8) is 0 Å². The molecule has 3 fully saturated rings. The van der Waals surface area contributed by atoms with Crippen LogP contribution in [0.3, 0.4) is 0 Å². The van der Waals surface area contributed by atoms with Crippen molar-refractivity contribution < 1.29 is 9.53 Å². The summed E-state index contributed by atoms with van der Waals surface area (Å²) in [4.78, 5) is 13.4. The molecule has 130 valence electrons. The third-order valence-corrected chi connectivity index (χ3v) is 5.73. The van der Waals surface area contributed by atoms with Crippen molar-refractivity contribution in [2.24, 2.45) is 17.8 Å². The zero-order valence-corrected chi connectivity index (χ0v) is 14.2. The lowest BCUT2D eigenvalue weighted by atomic mass is 9.91. The summed E-state index contributed by atoms with van der Waals surface area (Å²) in [6, 6.07) is 7.86. The highest BCUT2D eigenvalue weighted by Crippen LogP contribution is 2.49. The molecule has 2 atom stereocenters. The summed E-state index contributed by atoms with van der Waals surface area (Å²) in [5.74, 6) is 3.67. The van der Waals surface area contributed by atoms with Crippen LogP contribution in [0.5, 0.6) is 5.75 Å². The zero-order valence-electron chi connectivity index (χ0n) is 14.2. The van der Waals surface area contributed by atoms with Crippen LogP contribution in [-0.4, -0.2) is 38.8 Å². The van der Waals surface area contributed by atoms with E-state index in [4.69, 9.17) is 4.74 Å². The average Bonchev–Trinajstić information content (AvgIpc) is 3.28. The molecule has 1 saturated carbocycles. The SMILES string of the molecule is O=C1NCCN1c1ccc(OCC[C@@H]2C[C@@H]2C2CCNCC2)cc1. The lowest BCUT2D eigenvalue weighted by molar-refractivity contribution is 0.252. The van der Waals surface area contributed by atoms with E-state index in [0.29, 0.717) is 0 Å². The first-order chi connectivity index (χ1) is 11.8. The van der Waals surface area contributed by atoms with E-state index >= 15 is 0 Å². The maximum atomic E-state index is 11.7. The Morgan fingerprint density at radius 2 is 1.92 bits per heavy atom. The molecule has 3 aliphatic rings. The lowest BCUT2D eigenvalue weighted by Gasteiger charge is -2.22. The fourth-order valence-electron chi connectivity index (χ4n) is 4.22. The molecule has 1 aliphatic carbocycles. The van der Waals surface area contributed by atoms with Gasteiger partial charge < -0.3 is 15.4 Å². The highest BCUT2D eigenvalue weighted by Gasteiger charge is 2.42. The molecule has 1 aromatic carbocycles. The fraction of sp³-hybridized carbons (Fsp3) is 0.632. The molecule has 2 saturated heterocycles. The van der Waals surface area contributed by atoms with Crippen molar-refractivity contribution in [2.75, 3.05) is 37.7 Å².